The number of hydrogen-bond acceptors (Lipinski definition) is 6. The van der Waals surface area contributed by atoms with Gasteiger partial charge in [-0.1, -0.05) is 30.0 Å². The van der Waals surface area contributed by atoms with Crippen LogP contribution >= 0.6 is 11.8 Å². The van der Waals surface area contributed by atoms with Gasteiger partial charge in [0.2, 0.25) is 5.95 Å². The summed E-state index contributed by atoms with van der Waals surface area (Å²) in [6.45, 7) is 4.12. The number of nitrogens with zero attached hydrogens (tertiary/aromatic N) is 5. The highest BCUT2D eigenvalue weighted by atomic mass is 32.2. The summed E-state index contributed by atoms with van der Waals surface area (Å²) in [7, 11) is 3.83. The lowest BCUT2D eigenvalue weighted by Crippen LogP contribution is -2.17. The molecule has 0 spiro atoms. The molecule has 0 N–H and O–H groups in total. The van der Waals surface area contributed by atoms with Crippen molar-refractivity contribution >= 4 is 23.4 Å². The molecule has 0 unspecified atom stereocenters. The lowest BCUT2D eigenvalue weighted by Gasteiger charge is -2.17. The zero-order valence-corrected chi connectivity index (χ0v) is 13.9. The van der Waals surface area contributed by atoms with Gasteiger partial charge in [0.1, 0.15) is 0 Å². The first-order valence-electron chi connectivity index (χ1n) is 6.89. The quantitative estimate of drug-likeness (QED) is 0.462. The fourth-order valence-corrected chi connectivity index (χ4v) is 3.14. The molecule has 118 valence electrons. The molecule has 22 heavy (non-hydrogen) atoms. The van der Waals surface area contributed by atoms with Crippen LogP contribution in [0.3, 0.4) is 0 Å². The van der Waals surface area contributed by atoms with Gasteiger partial charge in [-0.25, -0.2) is 0 Å². The Bertz CT molecular complexity index is 669. The van der Waals surface area contributed by atoms with E-state index in [1.54, 1.807) is 18.2 Å². The SMILES string of the molecule is CC(C)n1c(SCc2ccccc2[N+](=O)[O-])nnc1N(C)C. The zero-order valence-electron chi connectivity index (χ0n) is 13.1. The number of thioether (sulfide) groups is 1. The molecule has 2 aromatic rings. The average molecular weight is 321 g/mol. The summed E-state index contributed by atoms with van der Waals surface area (Å²) >= 11 is 1.46. The first kappa shape index (κ1) is 16.3. The third-order valence-corrected chi connectivity index (χ3v) is 4.10. The summed E-state index contributed by atoms with van der Waals surface area (Å²) < 4.78 is 2.03. The number of nitro groups is 1. The molecule has 0 saturated heterocycles. The maximum atomic E-state index is 11.1. The highest BCUT2D eigenvalue weighted by molar-refractivity contribution is 7.98. The number of anilines is 1. The smallest absolute Gasteiger partial charge is 0.273 e. The predicted octanol–water partition coefficient (Wildman–Crippen LogP) is 3.13. The Balaban J connectivity index is 2.24. The van der Waals surface area contributed by atoms with E-state index in [0.29, 0.717) is 11.3 Å². The van der Waals surface area contributed by atoms with Crippen LogP contribution in [0.2, 0.25) is 0 Å². The first-order valence-corrected chi connectivity index (χ1v) is 7.87. The molecule has 0 aliphatic rings. The Hall–Kier alpha value is -2.09. The van der Waals surface area contributed by atoms with Crippen molar-refractivity contribution < 1.29 is 4.92 Å². The number of aromatic nitrogens is 3. The average Bonchev–Trinajstić information content (AvgIpc) is 2.89. The highest BCUT2D eigenvalue weighted by Crippen LogP contribution is 2.30. The minimum atomic E-state index is -0.353. The fraction of sp³-hybridized carbons (Fsp3) is 0.429. The van der Waals surface area contributed by atoms with E-state index in [0.717, 1.165) is 11.1 Å². The van der Waals surface area contributed by atoms with E-state index in [4.69, 9.17) is 0 Å². The molecular formula is C14H19N5O2S. The normalized spacial score (nSPS) is 11.0. The highest BCUT2D eigenvalue weighted by Gasteiger charge is 2.18. The fourth-order valence-electron chi connectivity index (χ4n) is 2.08. The number of para-hydroxylation sites is 1. The van der Waals surface area contributed by atoms with E-state index in [-0.39, 0.29) is 16.7 Å². The number of benzene rings is 1. The van der Waals surface area contributed by atoms with Crippen LogP contribution in [0.4, 0.5) is 11.6 Å². The predicted molar refractivity (Wildman–Crippen MR) is 87.4 cm³/mol. The molecule has 7 nitrogen and oxygen atoms in total. The molecule has 0 atom stereocenters. The van der Waals surface area contributed by atoms with Gasteiger partial charge in [-0.3, -0.25) is 14.7 Å². The largest absolute Gasteiger partial charge is 0.347 e. The standard InChI is InChI=1S/C14H19N5O2S/c1-10(2)18-13(17(3)4)15-16-14(18)22-9-11-7-5-6-8-12(11)19(20)21/h5-8,10H,9H2,1-4H3. The molecule has 0 fully saturated rings. The lowest BCUT2D eigenvalue weighted by atomic mass is 10.2. The zero-order chi connectivity index (χ0) is 16.3. The van der Waals surface area contributed by atoms with Crippen molar-refractivity contribution in [2.75, 3.05) is 19.0 Å². The minimum absolute atomic E-state index is 0.137. The van der Waals surface area contributed by atoms with Crippen molar-refractivity contribution in [3.05, 3.63) is 39.9 Å². The number of nitro benzene ring substituents is 1. The summed E-state index contributed by atoms with van der Waals surface area (Å²) in [5.41, 5.74) is 0.820. The number of hydrogen-bond donors (Lipinski definition) is 0. The van der Waals surface area contributed by atoms with Crippen LogP contribution in [0, 0.1) is 10.1 Å². The van der Waals surface area contributed by atoms with Crippen LogP contribution in [-0.2, 0) is 5.75 Å². The molecule has 0 amide bonds. The summed E-state index contributed by atoms with van der Waals surface area (Å²) in [6.07, 6.45) is 0. The van der Waals surface area contributed by atoms with Crippen molar-refractivity contribution in [3.8, 4) is 0 Å². The third kappa shape index (κ3) is 3.38. The maximum Gasteiger partial charge on any atom is 0.273 e. The van der Waals surface area contributed by atoms with Gasteiger partial charge in [-0.2, -0.15) is 0 Å². The van der Waals surface area contributed by atoms with Gasteiger partial charge in [-0.05, 0) is 13.8 Å². The second kappa shape index (κ2) is 6.78. The van der Waals surface area contributed by atoms with Gasteiger partial charge in [0.25, 0.3) is 5.69 Å². The van der Waals surface area contributed by atoms with Gasteiger partial charge in [0.15, 0.2) is 5.16 Å². The molecule has 1 heterocycles. The van der Waals surface area contributed by atoms with Gasteiger partial charge in [0.05, 0.1) is 4.92 Å². The summed E-state index contributed by atoms with van der Waals surface area (Å²) in [5, 5.41) is 20.2. The third-order valence-electron chi connectivity index (χ3n) is 3.11. The second-order valence-corrected chi connectivity index (χ2v) is 6.26. The summed E-state index contributed by atoms with van der Waals surface area (Å²) in [5.74, 6) is 1.26. The van der Waals surface area contributed by atoms with E-state index in [9.17, 15) is 10.1 Å². The molecule has 1 aromatic carbocycles. The molecule has 0 radical (unpaired) electrons. The Kier molecular flexibility index (Phi) is 5.02. The number of rotatable bonds is 6. The van der Waals surface area contributed by atoms with Gasteiger partial charge in [0, 0.05) is 37.5 Å². The Labute approximate surface area is 133 Å². The second-order valence-electron chi connectivity index (χ2n) is 5.32. The van der Waals surface area contributed by atoms with Gasteiger partial charge >= 0.3 is 0 Å². The summed E-state index contributed by atoms with van der Waals surface area (Å²) in [4.78, 5) is 12.6. The van der Waals surface area contributed by atoms with Crippen LogP contribution in [0.15, 0.2) is 29.4 Å². The lowest BCUT2D eigenvalue weighted by molar-refractivity contribution is -0.385. The Morgan fingerprint density at radius 2 is 2.00 bits per heavy atom. The van der Waals surface area contributed by atoms with Crippen LogP contribution in [0.1, 0.15) is 25.5 Å². The van der Waals surface area contributed by atoms with E-state index in [2.05, 4.69) is 24.0 Å². The molecule has 2 rings (SSSR count). The van der Waals surface area contributed by atoms with Crippen LogP contribution in [-0.4, -0.2) is 33.8 Å². The van der Waals surface area contributed by atoms with Gasteiger partial charge in [-0.15, -0.1) is 10.2 Å². The molecule has 0 bridgehead atoms. The Morgan fingerprint density at radius 3 is 2.59 bits per heavy atom. The van der Waals surface area contributed by atoms with Crippen LogP contribution in [0.5, 0.6) is 0 Å². The van der Waals surface area contributed by atoms with Crippen molar-refractivity contribution in [2.45, 2.75) is 30.8 Å². The van der Waals surface area contributed by atoms with Crippen molar-refractivity contribution in [1.29, 1.82) is 0 Å². The van der Waals surface area contributed by atoms with Crippen molar-refractivity contribution in [1.82, 2.24) is 14.8 Å². The van der Waals surface area contributed by atoms with E-state index in [1.165, 1.54) is 17.8 Å². The molecule has 0 saturated carbocycles. The van der Waals surface area contributed by atoms with Crippen molar-refractivity contribution in [3.63, 3.8) is 0 Å². The molecular weight excluding hydrogens is 302 g/mol. The molecule has 1 aromatic heterocycles. The summed E-state index contributed by atoms with van der Waals surface area (Å²) in [6, 6.07) is 6.98. The monoisotopic (exact) mass is 321 g/mol. The van der Waals surface area contributed by atoms with Crippen LogP contribution < -0.4 is 4.90 Å². The van der Waals surface area contributed by atoms with Crippen molar-refractivity contribution in [2.24, 2.45) is 0 Å². The van der Waals surface area contributed by atoms with E-state index < -0.39 is 0 Å². The molecule has 0 aliphatic heterocycles. The Morgan fingerprint density at radius 1 is 1.32 bits per heavy atom. The first-order chi connectivity index (χ1) is 10.4. The van der Waals surface area contributed by atoms with Crippen LogP contribution in [0.25, 0.3) is 0 Å². The molecule has 0 aliphatic carbocycles. The molecule has 8 heteroatoms. The topological polar surface area (TPSA) is 77.1 Å². The van der Waals surface area contributed by atoms with E-state index >= 15 is 0 Å². The minimum Gasteiger partial charge on any atom is -0.347 e. The van der Waals surface area contributed by atoms with Gasteiger partial charge < -0.3 is 4.90 Å². The maximum absolute atomic E-state index is 11.1. The van der Waals surface area contributed by atoms with E-state index in [1.807, 2.05) is 23.6 Å².